The number of hydrogen-bond acceptors (Lipinski definition) is 6. The van der Waals surface area contributed by atoms with Gasteiger partial charge in [-0.3, -0.25) is 9.78 Å². The Morgan fingerprint density at radius 3 is 2.83 bits per heavy atom. The Morgan fingerprint density at radius 1 is 1.33 bits per heavy atom. The summed E-state index contributed by atoms with van der Waals surface area (Å²) in [5.74, 6) is -0.634. The van der Waals surface area contributed by atoms with Crippen molar-refractivity contribution in [2.75, 3.05) is 7.11 Å². The smallest absolute Gasteiger partial charge is 0.339 e. The predicted molar refractivity (Wildman–Crippen MR) is 85.2 cm³/mol. The Bertz CT molecular complexity index is 1050. The van der Waals surface area contributed by atoms with Crippen LogP contribution >= 0.6 is 0 Å². The van der Waals surface area contributed by atoms with Gasteiger partial charge in [0.15, 0.2) is 0 Å². The van der Waals surface area contributed by atoms with Gasteiger partial charge in [-0.25, -0.2) is 14.2 Å². The molecule has 0 aliphatic rings. The molecule has 0 amide bonds. The van der Waals surface area contributed by atoms with Gasteiger partial charge in [0.05, 0.1) is 42.1 Å². The topological polar surface area (TPSA) is 114 Å². The number of hydrogen-bond donors (Lipinski definition) is 2. The molecule has 1 aromatic carbocycles. The lowest BCUT2D eigenvalue weighted by atomic mass is 10.1. The highest BCUT2D eigenvalue weighted by Gasteiger charge is 2.14. The third kappa shape index (κ3) is 2.48. The van der Waals surface area contributed by atoms with Crippen molar-refractivity contribution in [3.8, 4) is 5.69 Å². The van der Waals surface area contributed by atoms with Gasteiger partial charge in [-0.2, -0.15) is 0 Å². The lowest BCUT2D eigenvalue weighted by Crippen LogP contribution is -2.34. The zero-order valence-corrected chi connectivity index (χ0v) is 12.6. The van der Waals surface area contributed by atoms with Crippen molar-refractivity contribution in [3.05, 3.63) is 68.6 Å². The first-order valence-corrected chi connectivity index (χ1v) is 6.98. The summed E-state index contributed by atoms with van der Waals surface area (Å²) in [5.41, 5.74) is -0.339. The summed E-state index contributed by atoms with van der Waals surface area (Å²) in [5, 5.41) is 9.62. The molecule has 0 bridgehead atoms. The van der Waals surface area contributed by atoms with Crippen molar-refractivity contribution in [1.82, 2.24) is 14.5 Å². The van der Waals surface area contributed by atoms with Crippen molar-refractivity contribution in [2.24, 2.45) is 0 Å². The summed E-state index contributed by atoms with van der Waals surface area (Å²) in [7, 11) is 1.22. The molecule has 0 spiro atoms. The van der Waals surface area contributed by atoms with Crippen LogP contribution in [0.4, 0.5) is 0 Å². The number of aliphatic hydroxyl groups excluding tert-OH is 1. The van der Waals surface area contributed by atoms with Crippen LogP contribution in [0.2, 0.25) is 0 Å². The second kappa shape index (κ2) is 6.09. The van der Waals surface area contributed by atoms with Crippen molar-refractivity contribution in [3.63, 3.8) is 0 Å². The minimum atomic E-state index is -0.675. The van der Waals surface area contributed by atoms with Crippen LogP contribution in [-0.4, -0.2) is 32.7 Å². The van der Waals surface area contributed by atoms with E-state index in [9.17, 15) is 19.5 Å². The second-order valence-corrected chi connectivity index (χ2v) is 4.99. The van der Waals surface area contributed by atoms with E-state index in [-0.39, 0.29) is 23.2 Å². The maximum absolute atomic E-state index is 12.8. The molecule has 0 saturated heterocycles. The van der Waals surface area contributed by atoms with Crippen molar-refractivity contribution in [2.45, 2.75) is 6.61 Å². The van der Waals surface area contributed by atoms with Crippen LogP contribution in [0.15, 0.2) is 46.2 Å². The van der Waals surface area contributed by atoms with Gasteiger partial charge in [0.1, 0.15) is 0 Å². The molecule has 122 valence electrons. The first-order chi connectivity index (χ1) is 11.6. The van der Waals surface area contributed by atoms with Gasteiger partial charge in [-0.1, -0.05) is 12.1 Å². The number of carbonyl (C=O) groups is 1. The number of nitrogens with one attached hydrogen (secondary N) is 1. The first-order valence-electron chi connectivity index (χ1n) is 6.98. The number of fused-ring (bicyclic) bond motifs is 1. The Morgan fingerprint density at radius 2 is 2.12 bits per heavy atom. The van der Waals surface area contributed by atoms with E-state index in [1.54, 1.807) is 18.2 Å². The van der Waals surface area contributed by atoms with Crippen LogP contribution < -0.4 is 11.2 Å². The molecule has 0 saturated carbocycles. The summed E-state index contributed by atoms with van der Waals surface area (Å²) in [4.78, 5) is 43.1. The molecule has 8 heteroatoms. The standard InChI is InChI=1S/C16H13N3O5/c1-24-15(22)10-5-11(7-17-6-10)19-14(21)13-9(8-20)3-2-4-12(13)18-16(19)23/h2-7,20H,8H2,1H3,(H,18,23). The zero-order chi connectivity index (χ0) is 17.3. The van der Waals surface area contributed by atoms with E-state index >= 15 is 0 Å². The number of aromatic nitrogens is 3. The summed E-state index contributed by atoms with van der Waals surface area (Å²) in [6.07, 6.45) is 2.56. The van der Waals surface area contributed by atoms with Gasteiger partial charge < -0.3 is 14.8 Å². The highest BCUT2D eigenvalue weighted by atomic mass is 16.5. The molecular weight excluding hydrogens is 314 g/mol. The molecule has 0 aliphatic carbocycles. The fourth-order valence-corrected chi connectivity index (χ4v) is 2.48. The number of methoxy groups -OCH3 is 1. The van der Waals surface area contributed by atoms with Gasteiger partial charge in [0, 0.05) is 6.20 Å². The highest BCUT2D eigenvalue weighted by Crippen LogP contribution is 2.13. The first kappa shape index (κ1) is 15.6. The second-order valence-electron chi connectivity index (χ2n) is 4.99. The molecule has 0 radical (unpaired) electrons. The lowest BCUT2D eigenvalue weighted by Gasteiger charge is -2.09. The minimum absolute atomic E-state index is 0.108. The van der Waals surface area contributed by atoms with Crippen LogP contribution in [0.1, 0.15) is 15.9 Å². The largest absolute Gasteiger partial charge is 0.465 e. The predicted octanol–water partition coefficient (Wildman–Crippen LogP) is 0.353. The van der Waals surface area contributed by atoms with Crippen LogP contribution in [0, 0.1) is 0 Å². The summed E-state index contributed by atoms with van der Waals surface area (Å²) in [6.45, 7) is -0.348. The molecule has 3 rings (SSSR count). The average molecular weight is 327 g/mol. The number of H-pyrrole nitrogens is 1. The number of aromatic amines is 1. The average Bonchev–Trinajstić information content (AvgIpc) is 2.60. The molecular formula is C16H13N3O5. The molecule has 2 N–H and O–H groups in total. The lowest BCUT2D eigenvalue weighted by molar-refractivity contribution is 0.0600. The number of rotatable bonds is 3. The molecule has 0 atom stereocenters. The van der Waals surface area contributed by atoms with Crippen LogP contribution in [0.3, 0.4) is 0 Å². The molecule has 3 aromatic rings. The van der Waals surface area contributed by atoms with Crippen molar-refractivity contribution >= 4 is 16.9 Å². The summed E-state index contributed by atoms with van der Waals surface area (Å²) >= 11 is 0. The van der Waals surface area contributed by atoms with Crippen LogP contribution in [0.25, 0.3) is 16.6 Å². The molecule has 2 heterocycles. The SMILES string of the molecule is COC(=O)c1cncc(-n2c(=O)[nH]c3cccc(CO)c3c2=O)c1. The van der Waals surface area contributed by atoms with Crippen molar-refractivity contribution < 1.29 is 14.6 Å². The van der Waals surface area contributed by atoms with E-state index in [0.717, 1.165) is 4.57 Å². The van der Waals surface area contributed by atoms with E-state index in [0.29, 0.717) is 11.1 Å². The van der Waals surface area contributed by atoms with E-state index in [1.807, 2.05) is 0 Å². The normalized spacial score (nSPS) is 10.8. The number of esters is 1. The number of benzene rings is 1. The van der Waals surface area contributed by atoms with Crippen LogP contribution in [-0.2, 0) is 11.3 Å². The third-order valence-corrected chi connectivity index (χ3v) is 3.59. The fraction of sp³-hybridized carbons (Fsp3) is 0.125. The van der Waals surface area contributed by atoms with Gasteiger partial charge in [-0.05, 0) is 17.7 Å². The third-order valence-electron chi connectivity index (χ3n) is 3.59. The van der Waals surface area contributed by atoms with E-state index < -0.39 is 17.2 Å². The molecule has 24 heavy (non-hydrogen) atoms. The zero-order valence-electron chi connectivity index (χ0n) is 12.6. The Balaban J connectivity index is 2.33. The molecule has 8 nitrogen and oxygen atoms in total. The number of aliphatic hydroxyl groups is 1. The quantitative estimate of drug-likeness (QED) is 0.671. The highest BCUT2D eigenvalue weighted by molar-refractivity contribution is 5.89. The van der Waals surface area contributed by atoms with Crippen LogP contribution in [0.5, 0.6) is 0 Å². The Labute approximate surface area is 135 Å². The number of nitrogens with zero attached hydrogens (tertiary/aromatic N) is 2. The summed E-state index contributed by atoms with van der Waals surface area (Å²) < 4.78 is 5.47. The van der Waals surface area contributed by atoms with Gasteiger partial charge in [-0.15, -0.1) is 0 Å². The summed E-state index contributed by atoms with van der Waals surface area (Å²) in [6, 6.07) is 6.14. The van der Waals surface area contributed by atoms with E-state index in [4.69, 9.17) is 0 Å². The molecule has 0 fully saturated rings. The minimum Gasteiger partial charge on any atom is -0.465 e. The fourth-order valence-electron chi connectivity index (χ4n) is 2.48. The molecule has 2 aromatic heterocycles. The number of carbonyl (C=O) groups excluding carboxylic acids is 1. The van der Waals surface area contributed by atoms with Crippen molar-refractivity contribution in [1.29, 1.82) is 0 Å². The maximum Gasteiger partial charge on any atom is 0.339 e. The maximum atomic E-state index is 12.8. The van der Waals surface area contributed by atoms with Gasteiger partial charge >= 0.3 is 11.7 Å². The van der Waals surface area contributed by atoms with Gasteiger partial charge in [0.2, 0.25) is 0 Å². The van der Waals surface area contributed by atoms with Gasteiger partial charge in [0.25, 0.3) is 5.56 Å². The van der Waals surface area contributed by atoms with E-state index in [2.05, 4.69) is 14.7 Å². The number of ether oxygens (including phenoxy) is 1. The Hall–Kier alpha value is -3.26. The molecule has 0 aliphatic heterocycles. The molecule has 0 unspecified atom stereocenters. The Kier molecular flexibility index (Phi) is 3.97. The number of pyridine rings is 1. The van der Waals surface area contributed by atoms with E-state index in [1.165, 1.54) is 25.6 Å². The monoisotopic (exact) mass is 327 g/mol.